The molecule has 0 fully saturated rings. The first-order valence-corrected chi connectivity index (χ1v) is 6.88. The van der Waals surface area contributed by atoms with Gasteiger partial charge in [0.15, 0.2) is 0 Å². The molecule has 0 radical (unpaired) electrons. The Morgan fingerprint density at radius 1 is 1.00 bits per heavy atom. The van der Waals surface area contributed by atoms with Gasteiger partial charge in [-0.1, -0.05) is 30.3 Å². The van der Waals surface area contributed by atoms with Crippen LogP contribution in [0.25, 0.3) is 0 Å². The molecule has 0 unspecified atom stereocenters. The number of alkyl carbamates (subject to hydrolysis) is 1. The Hall–Kier alpha value is -2.89. The van der Waals surface area contributed by atoms with Gasteiger partial charge in [0.05, 0.1) is 5.56 Å². The minimum Gasteiger partial charge on any atom is -0.445 e. The minimum absolute atomic E-state index is 0.217. The normalized spacial score (nSPS) is 9.82. The predicted molar refractivity (Wildman–Crippen MR) is 81.2 cm³/mol. The highest BCUT2D eigenvalue weighted by atomic mass is 16.5. The summed E-state index contributed by atoms with van der Waals surface area (Å²) in [7, 11) is 0. The molecule has 1 heterocycles. The van der Waals surface area contributed by atoms with Gasteiger partial charge in [-0.25, -0.2) is 4.79 Å². The van der Waals surface area contributed by atoms with Gasteiger partial charge in [0.2, 0.25) is 0 Å². The Balaban J connectivity index is 1.60. The molecule has 0 bridgehead atoms. The predicted octanol–water partition coefficient (Wildman–Crippen LogP) is 1.74. The van der Waals surface area contributed by atoms with Crippen LogP contribution in [0, 0.1) is 0 Å². The van der Waals surface area contributed by atoms with Crippen LogP contribution in [-0.2, 0) is 11.3 Å². The standard InChI is InChI=1S/C16H17N3O3/c20-15(14-7-4-8-17-11-14)18-9-10-19-16(21)22-12-13-5-2-1-3-6-13/h1-8,11H,9-10,12H2,(H,18,20)(H,19,21). The molecule has 114 valence electrons. The van der Waals surface area contributed by atoms with Gasteiger partial charge < -0.3 is 15.4 Å². The zero-order chi connectivity index (χ0) is 15.6. The molecule has 0 saturated heterocycles. The summed E-state index contributed by atoms with van der Waals surface area (Å²) in [6.07, 6.45) is 2.57. The van der Waals surface area contributed by atoms with Crippen molar-refractivity contribution in [2.24, 2.45) is 0 Å². The largest absolute Gasteiger partial charge is 0.445 e. The summed E-state index contributed by atoms with van der Waals surface area (Å²) in [4.78, 5) is 27.0. The number of nitrogens with one attached hydrogen (secondary N) is 2. The van der Waals surface area contributed by atoms with E-state index in [1.165, 1.54) is 6.20 Å². The zero-order valence-electron chi connectivity index (χ0n) is 12.0. The van der Waals surface area contributed by atoms with E-state index in [0.29, 0.717) is 18.7 Å². The SMILES string of the molecule is O=C(NCCNC(=O)c1cccnc1)OCc1ccccc1. The first kappa shape index (κ1) is 15.5. The Morgan fingerprint density at radius 3 is 2.50 bits per heavy atom. The lowest BCUT2D eigenvalue weighted by atomic mass is 10.2. The molecule has 6 nitrogen and oxygen atoms in total. The second-order valence-corrected chi connectivity index (χ2v) is 4.49. The highest BCUT2D eigenvalue weighted by molar-refractivity contribution is 5.93. The average Bonchev–Trinajstić information content (AvgIpc) is 2.58. The van der Waals surface area contributed by atoms with E-state index in [1.54, 1.807) is 18.3 Å². The van der Waals surface area contributed by atoms with Gasteiger partial charge >= 0.3 is 6.09 Å². The van der Waals surface area contributed by atoms with Crippen molar-refractivity contribution in [3.63, 3.8) is 0 Å². The lowest BCUT2D eigenvalue weighted by molar-refractivity contribution is 0.0951. The first-order valence-electron chi connectivity index (χ1n) is 6.88. The maximum Gasteiger partial charge on any atom is 0.407 e. The summed E-state index contributed by atoms with van der Waals surface area (Å²) in [6.45, 7) is 0.822. The van der Waals surface area contributed by atoms with Crippen molar-refractivity contribution in [2.45, 2.75) is 6.61 Å². The molecule has 2 rings (SSSR count). The van der Waals surface area contributed by atoms with E-state index < -0.39 is 6.09 Å². The van der Waals surface area contributed by atoms with Crippen molar-refractivity contribution in [1.82, 2.24) is 15.6 Å². The second kappa shape index (κ2) is 8.41. The van der Waals surface area contributed by atoms with Crippen LogP contribution in [-0.4, -0.2) is 30.1 Å². The van der Waals surface area contributed by atoms with Gasteiger partial charge in [-0.2, -0.15) is 0 Å². The van der Waals surface area contributed by atoms with Gasteiger partial charge in [-0.3, -0.25) is 9.78 Å². The molecule has 2 aromatic rings. The minimum atomic E-state index is -0.514. The van der Waals surface area contributed by atoms with Crippen LogP contribution in [0.1, 0.15) is 15.9 Å². The van der Waals surface area contributed by atoms with Gasteiger partial charge in [0, 0.05) is 25.5 Å². The van der Waals surface area contributed by atoms with Crippen LogP contribution in [0.4, 0.5) is 4.79 Å². The molecule has 0 aliphatic carbocycles. The number of hydrogen-bond acceptors (Lipinski definition) is 4. The van der Waals surface area contributed by atoms with Crippen molar-refractivity contribution in [3.05, 3.63) is 66.0 Å². The number of ether oxygens (including phenoxy) is 1. The topological polar surface area (TPSA) is 80.3 Å². The smallest absolute Gasteiger partial charge is 0.407 e. The molecular weight excluding hydrogens is 282 g/mol. The lowest BCUT2D eigenvalue weighted by Gasteiger charge is -2.08. The summed E-state index contributed by atoms with van der Waals surface area (Å²) in [5.41, 5.74) is 1.40. The van der Waals surface area contributed by atoms with E-state index in [4.69, 9.17) is 4.74 Å². The molecule has 0 aliphatic heterocycles. The highest BCUT2D eigenvalue weighted by Crippen LogP contribution is 2.00. The number of hydrogen-bond donors (Lipinski definition) is 2. The molecule has 2 amide bonds. The van der Waals surface area contributed by atoms with Crippen molar-refractivity contribution < 1.29 is 14.3 Å². The zero-order valence-corrected chi connectivity index (χ0v) is 12.0. The van der Waals surface area contributed by atoms with E-state index in [9.17, 15) is 9.59 Å². The van der Waals surface area contributed by atoms with Crippen LogP contribution < -0.4 is 10.6 Å². The summed E-state index contributed by atoms with van der Waals surface area (Å²) >= 11 is 0. The number of benzene rings is 1. The van der Waals surface area contributed by atoms with Crippen molar-refractivity contribution in [3.8, 4) is 0 Å². The molecule has 1 aromatic carbocycles. The number of aromatic nitrogens is 1. The van der Waals surface area contributed by atoms with Crippen LogP contribution in [0.15, 0.2) is 54.9 Å². The molecule has 0 atom stereocenters. The fourth-order valence-electron chi connectivity index (χ4n) is 1.71. The van der Waals surface area contributed by atoms with Crippen molar-refractivity contribution >= 4 is 12.0 Å². The van der Waals surface area contributed by atoms with Gasteiger partial charge in [0.25, 0.3) is 5.91 Å². The molecule has 0 saturated carbocycles. The molecule has 6 heteroatoms. The number of pyridine rings is 1. The third-order valence-corrected chi connectivity index (χ3v) is 2.82. The van der Waals surface area contributed by atoms with Gasteiger partial charge in [-0.15, -0.1) is 0 Å². The quantitative estimate of drug-likeness (QED) is 0.796. The van der Waals surface area contributed by atoms with E-state index in [0.717, 1.165) is 5.56 Å². The number of amides is 2. The number of nitrogens with zero attached hydrogens (tertiary/aromatic N) is 1. The molecule has 0 spiro atoms. The summed E-state index contributed by atoms with van der Waals surface area (Å²) < 4.78 is 5.05. The Bertz CT molecular complexity index is 603. The van der Waals surface area contributed by atoms with E-state index >= 15 is 0 Å². The summed E-state index contributed by atoms with van der Waals surface area (Å²) in [6, 6.07) is 12.8. The van der Waals surface area contributed by atoms with Crippen LogP contribution in [0.3, 0.4) is 0 Å². The third-order valence-electron chi connectivity index (χ3n) is 2.82. The number of carbonyl (C=O) groups excluding carboxylic acids is 2. The monoisotopic (exact) mass is 299 g/mol. The maximum absolute atomic E-state index is 11.7. The Morgan fingerprint density at radius 2 is 1.77 bits per heavy atom. The van der Waals surface area contributed by atoms with Crippen LogP contribution >= 0.6 is 0 Å². The molecule has 1 aromatic heterocycles. The molecular formula is C16H17N3O3. The van der Waals surface area contributed by atoms with Crippen LogP contribution in [0.5, 0.6) is 0 Å². The molecule has 22 heavy (non-hydrogen) atoms. The fourth-order valence-corrected chi connectivity index (χ4v) is 1.71. The van der Waals surface area contributed by atoms with Gasteiger partial charge in [0.1, 0.15) is 6.61 Å². The van der Waals surface area contributed by atoms with Gasteiger partial charge in [-0.05, 0) is 17.7 Å². The number of rotatable bonds is 6. The summed E-state index contributed by atoms with van der Waals surface area (Å²) in [5, 5.41) is 5.25. The first-order chi connectivity index (χ1) is 10.8. The average molecular weight is 299 g/mol. The van der Waals surface area contributed by atoms with Crippen LogP contribution in [0.2, 0.25) is 0 Å². The third kappa shape index (κ3) is 5.24. The lowest BCUT2D eigenvalue weighted by Crippen LogP contribution is -2.34. The molecule has 2 N–H and O–H groups in total. The Labute approximate surface area is 128 Å². The Kier molecular flexibility index (Phi) is 5.92. The van der Waals surface area contributed by atoms with Crippen molar-refractivity contribution in [1.29, 1.82) is 0 Å². The van der Waals surface area contributed by atoms with E-state index in [1.807, 2.05) is 30.3 Å². The summed E-state index contributed by atoms with van der Waals surface area (Å²) in [5.74, 6) is -0.229. The fraction of sp³-hybridized carbons (Fsp3) is 0.188. The molecule has 0 aliphatic rings. The van der Waals surface area contributed by atoms with E-state index in [2.05, 4.69) is 15.6 Å². The second-order valence-electron chi connectivity index (χ2n) is 4.49. The number of carbonyl (C=O) groups is 2. The van der Waals surface area contributed by atoms with E-state index in [-0.39, 0.29) is 12.5 Å². The maximum atomic E-state index is 11.7. The highest BCUT2D eigenvalue weighted by Gasteiger charge is 2.05. The van der Waals surface area contributed by atoms with Crippen molar-refractivity contribution in [2.75, 3.05) is 13.1 Å².